The molecule has 1 atom stereocenters. The molecule has 0 aliphatic carbocycles. The molecule has 2 aliphatic heterocycles. The number of ether oxygens (including phenoxy) is 1. The number of hydrogen-bond acceptors (Lipinski definition) is 4. The SMILES string of the molecule is Cc1ccn(CC(=O)N(CC2CCN(Cc3ccccc3C)CC2)C[C@H]2CCCO2)n1. The molecular weight excluding hydrogens is 388 g/mol. The maximum absolute atomic E-state index is 13.1. The molecule has 2 fully saturated rings. The van der Waals surface area contributed by atoms with Gasteiger partial charge in [-0.1, -0.05) is 24.3 Å². The van der Waals surface area contributed by atoms with E-state index in [4.69, 9.17) is 4.74 Å². The van der Waals surface area contributed by atoms with Crippen molar-refractivity contribution in [3.8, 4) is 0 Å². The van der Waals surface area contributed by atoms with Crippen LogP contribution in [0.3, 0.4) is 0 Å². The summed E-state index contributed by atoms with van der Waals surface area (Å²) in [5, 5.41) is 4.40. The third kappa shape index (κ3) is 6.17. The fraction of sp³-hybridized carbons (Fsp3) is 0.600. The maximum atomic E-state index is 13.1. The van der Waals surface area contributed by atoms with Gasteiger partial charge in [0.25, 0.3) is 0 Å². The van der Waals surface area contributed by atoms with Gasteiger partial charge in [-0.15, -0.1) is 0 Å². The summed E-state index contributed by atoms with van der Waals surface area (Å²) < 4.78 is 7.60. The van der Waals surface area contributed by atoms with Crippen LogP contribution in [0.1, 0.15) is 42.5 Å². The van der Waals surface area contributed by atoms with Crippen LogP contribution < -0.4 is 0 Å². The number of likely N-dealkylation sites (tertiary alicyclic amines) is 1. The average molecular weight is 425 g/mol. The molecule has 1 amide bonds. The Balaban J connectivity index is 1.32. The van der Waals surface area contributed by atoms with E-state index in [1.54, 1.807) is 4.68 Å². The van der Waals surface area contributed by atoms with Crippen molar-refractivity contribution in [3.63, 3.8) is 0 Å². The molecule has 2 aromatic rings. The molecule has 0 radical (unpaired) electrons. The van der Waals surface area contributed by atoms with Crippen LogP contribution >= 0.6 is 0 Å². The van der Waals surface area contributed by atoms with E-state index in [2.05, 4.69) is 46.1 Å². The molecule has 0 N–H and O–H groups in total. The van der Waals surface area contributed by atoms with E-state index in [0.717, 1.165) is 64.2 Å². The molecule has 1 aromatic heterocycles. The Bertz CT molecular complexity index is 851. The summed E-state index contributed by atoms with van der Waals surface area (Å²) in [6.45, 7) is 10.0. The van der Waals surface area contributed by atoms with Crippen LogP contribution in [-0.4, -0.2) is 64.4 Å². The first-order valence-electron chi connectivity index (χ1n) is 11.7. The van der Waals surface area contributed by atoms with E-state index >= 15 is 0 Å². The van der Waals surface area contributed by atoms with E-state index in [1.807, 2.05) is 19.2 Å². The van der Waals surface area contributed by atoms with Crippen LogP contribution in [0.15, 0.2) is 36.5 Å². The van der Waals surface area contributed by atoms with Crippen molar-refractivity contribution in [2.75, 3.05) is 32.8 Å². The molecule has 31 heavy (non-hydrogen) atoms. The first-order valence-corrected chi connectivity index (χ1v) is 11.7. The van der Waals surface area contributed by atoms with E-state index in [1.165, 1.54) is 11.1 Å². The van der Waals surface area contributed by atoms with Crippen molar-refractivity contribution in [1.82, 2.24) is 19.6 Å². The second-order valence-electron chi connectivity index (χ2n) is 9.23. The van der Waals surface area contributed by atoms with Gasteiger partial charge in [0.15, 0.2) is 0 Å². The van der Waals surface area contributed by atoms with Crippen molar-refractivity contribution in [2.45, 2.75) is 58.7 Å². The molecule has 3 heterocycles. The van der Waals surface area contributed by atoms with Gasteiger partial charge < -0.3 is 9.64 Å². The van der Waals surface area contributed by atoms with Crippen molar-refractivity contribution in [2.24, 2.45) is 5.92 Å². The van der Waals surface area contributed by atoms with Crippen molar-refractivity contribution >= 4 is 5.91 Å². The quantitative estimate of drug-likeness (QED) is 0.652. The normalized spacial score (nSPS) is 20.3. The second kappa shape index (κ2) is 10.4. The van der Waals surface area contributed by atoms with Crippen LogP contribution in [-0.2, 0) is 22.6 Å². The number of piperidine rings is 1. The van der Waals surface area contributed by atoms with Gasteiger partial charge >= 0.3 is 0 Å². The summed E-state index contributed by atoms with van der Waals surface area (Å²) in [6.07, 6.45) is 6.51. The first-order chi connectivity index (χ1) is 15.1. The minimum Gasteiger partial charge on any atom is -0.376 e. The van der Waals surface area contributed by atoms with Gasteiger partial charge in [0.05, 0.1) is 11.8 Å². The fourth-order valence-corrected chi connectivity index (χ4v) is 4.77. The summed E-state index contributed by atoms with van der Waals surface area (Å²) in [6, 6.07) is 10.6. The topological polar surface area (TPSA) is 50.6 Å². The number of aromatic nitrogens is 2. The highest BCUT2D eigenvalue weighted by Crippen LogP contribution is 2.22. The number of carbonyl (C=O) groups excluding carboxylic acids is 1. The minimum atomic E-state index is 0.154. The number of aryl methyl sites for hydroxylation is 2. The number of nitrogens with zero attached hydrogens (tertiary/aromatic N) is 4. The molecule has 168 valence electrons. The zero-order valence-corrected chi connectivity index (χ0v) is 19.0. The molecule has 1 aromatic carbocycles. The third-order valence-electron chi connectivity index (χ3n) is 6.71. The molecular formula is C25H36N4O2. The number of hydrogen-bond donors (Lipinski definition) is 0. The summed E-state index contributed by atoms with van der Waals surface area (Å²) in [5.74, 6) is 0.707. The zero-order chi connectivity index (χ0) is 21.6. The Kier molecular flexibility index (Phi) is 7.41. The van der Waals surface area contributed by atoms with Gasteiger partial charge in [0.2, 0.25) is 5.91 Å². The number of rotatable bonds is 8. The standard InChI is InChI=1S/C25H36N4O2/c1-20-6-3-4-7-23(20)17-27-12-10-22(11-13-27)16-28(18-24-8-5-15-31-24)25(30)19-29-14-9-21(2)26-29/h3-4,6-7,9,14,22,24H,5,8,10-13,15-19H2,1-2H3/t24-/m1/s1. The Morgan fingerprint density at radius 3 is 2.61 bits per heavy atom. The third-order valence-corrected chi connectivity index (χ3v) is 6.71. The fourth-order valence-electron chi connectivity index (χ4n) is 4.77. The Morgan fingerprint density at radius 2 is 1.94 bits per heavy atom. The van der Waals surface area contributed by atoms with E-state index in [9.17, 15) is 4.79 Å². The van der Waals surface area contributed by atoms with Gasteiger partial charge in [-0.25, -0.2) is 0 Å². The molecule has 0 saturated carbocycles. The van der Waals surface area contributed by atoms with E-state index in [0.29, 0.717) is 19.0 Å². The lowest BCUT2D eigenvalue weighted by molar-refractivity contribution is -0.134. The maximum Gasteiger partial charge on any atom is 0.244 e. The lowest BCUT2D eigenvalue weighted by Crippen LogP contribution is -2.44. The van der Waals surface area contributed by atoms with Crippen LogP contribution in [0.25, 0.3) is 0 Å². The Morgan fingerprint density at radius 1 is 1.13 bits per heavy atom. The van der Waals surface area contributed by atoms with Crippen molar-refractivity contribution < 1.29 is 9.53 Å². The van der Waals surface area contributed by atoms with Gasteiger partial charge in [-0.3, -0.25) is 14.4 Å². The molecule has 6 heteroatoms. The smallest absolute Gasteiger partial charge is 0.244 e. The van der Waals surface area contributed by atoms with Crippen molar-refractivity contribution in [1.29, 1.82) is 0 Å². The zero-order valence-electron chi connectivity index (χ0n) is 19.0. The highest BCUT2D eigenvalue weighted by molar-refractivity contribution is 5.76. The Labute approximate surface area is 186 Å². The average Bonchev–Trinajstić information content (AvgIpc) is 3.42. The monoisotopic (exact) mass is 424 g/mol. The molecule has 2 saturated heterocycles. The van der Waals surface area contributed by atoms with E-state index < -0.39 is 0 Å². The summed E-state index contributed by atoms with van der Waals surface area (Å²) in [4.78, 5) is 17.7. The van der Waals surface area contributed by atoms with E-state index in [-0.39, 0.29) is 12.0 Å². The molecule has 0 bridgehead atoms. The van der Waals surface area contributed by atoms with Gasteiger partial charge in [0.1, 0.15) is 6.54 Å². The van der Waals surface area contributed by atoms with Crippen molar-refractivity contribution in [3.05, 3.63) is 53.3 Å². The predicted molar refractivity (Wildman–Crippen MR) is 122 cm³/mol. The first kappa shape index (κ1) is 22.0. The van der Waals surface area contributed by atoms with Gasteiger partial charge in [-0.05, 0) is 75.7 Å². The Hall–Kier alpha value is -2.18. The highest BCUT2D eigenvalue weighted by atomic mass is 16.5. The largest absolute Gasteiger partial charge is 0.376 e. The van der Waals surface area contributed by atoms with Gasteiger partial charge in [0, 0.05) is 32.4 Å². The molecule has 2 aliphatic rings. The van der Waals surface area contributed by atoms with Crippen LogP contribution in [0, 0.1) is 19.8 Å². The summed E-state index contributed by atoms with van der Waals surface area (Å²) in [7, 11) is 0. The van der Waals surface area contributed by atoms with Crippen LogP contribution in [0.5, 0.6) is 0 Å². The lowest BCUT2D eigenvalue weighted by atomic mass is 9.95. The molecule has 4 rings (SSSR count). The number of carbonyl (C=O) groups is 1. The highest BCUT2D eigenvalue weighted by Gasteiger charge is 2.27. The summed E-state index contributed by atoms with van der Waals surface area (Å²) >= 11 is 0. The second-order valence-corrected chi connectivity index (χ2v) is 9.23. The number of benzene rings is 1. The lowest BCUT2D eigenvalue weighted by Gasteiger charge is -2.35. The summed E-state index contributed by atoms with van der Waals surface area (Å²) in [5.41, 5.74) is 3.73. The molecule has 0 unspecified atom stereocenters. The van der Waals surface area contributed by atoms with Crippen LogP contribution in [0.2, 0.25) is 0 Å². The van der Waals surface area contributed by atoms with Gasteiger partial charge in [-0.2, -0.15) is 5.10 Å². The number of amides is 1. The predicted octanol–water partition coefficient (Wildman–Crippen LogP) is 3.42. The minimum absolute atomic E-state index is 0.154. The molecule has 6 nitrogen and oxygen atoms in total. The molecule has 0 spiro atoms. The van der Waals surface area contributed by atoms with Crippen LogP contribution in [0.4, 0.5) is 0 Å².